The van der Waals surface area contributed by atoms with Gasteiger partial charge < -0.3 is 9.64 Å². The molecule has 0 atom stereocenters. The Kier molecular flexibility index (Phi) is 7.45. The third-order valence-electron chi connectivity index (χ3n) is 5.19. The van der Waals surface area contributed by atoms with Crippen LogP contribution in [0.25, 0.3) is 10.2 Å². The van der Waals surface area contributed by atoms with E-state index >= 15 is 0 Å². The van der Waals surface area contributed by atoms with Gasteiger partial charge in [-0.2, -0.15) is 0 Å². The summed E-state index contributed by atoms with van der Waals surface area (Å²) in [6.07, 6.45) is 2.12. The van der Waals surface area contributed by atoms with Crippen LogP contribution in [0, 0.1) is 13.8 Å². The van der Waals surface area contributed by atoms with E-state index in [4.69, 9.17) is 9.72 Å². The third-order valence-corrected chi connectivity index (χ3v) is 6.23. The lowest BCUT2D eigenvalue weighted by atomic mass is 10.1. The zero-order valence-corrected chi connectivity index (χ0v) is 19.4. The maximum absolute atomic E-state index is 13.4. The number of aromatic nitrogens is 1. The summed E-state index contributed by atoms with van der Waals surface area (Å²) in [6.45, 7) is 8.36. The van der Waals surface area contributed by atoms with E-state index < -0.39 is 0 Å². The van der Waals surface area contributed by atoms with Crippen molar-refractivity contribution in [3.05, 3.63) is 53.1 Å². The number of hydrogen-bond donors (Lipinski definition) is 0. The van der Waals surface area contributed by atoms with Gasteiger partial charge in [-0.1, -0.05) is 30.7 Å². The molecule has 3 rings (SSSR count). The van der Waals surface area contributed by atoms with Crippen LogP contribution in [0.1, 0.15) is 41.3 Å². The Balaban J connectivity index is 1.88. The summed E-state index contributed by atoms with van der Waals surface area (Å²) in [6, 6.07) is 11.6. The predicted molar refractivity (Wildman–Crippen MR) is 126 cm³/mol. The molecule has 3 aromatic rings. The van der Waals surface area contributed by atoms with Gasteiger partial charge in [0.2, 0.25) is 0 Å². The minimum absolute atomic E-state index is 0.0367. The van der Waals surface area contributed by atoms with Crippen LogP contribution in [0.2, 0.25) is 0 Å². The highest BCUT2D eigenvalue weighted by Crippen LogP contribution is 2.32. The van der Waals surface area contributed by atoms with Crippen molar-refractivity contribution in [2.75, 3.05) is 38.7 Å². The van der Waals surface area contributed by atoms with Crippen molar-refractivity contribution in [2.24, 2.45) is 0 Å². The molecule has 0 radical (unpaired) electrons. The second kappa shape index (κ2) is 10.0. The number of aryl methyl sites for hydroxylation is 2. The average molecular weight is 426 g/mol. The topological polar surface area (TPSA) is 45.7 Å². The molecule has 0 bridgehead atoms. The first-order valence-electron chi connectivity index (χ1n) is 10.5. The summed E-state index contributed by atoms with van der Waals surface area (Å²) in [5, 5.41) is 0.744. The molecule has 0 aliphatic heterocycles. The first-order chi connectivity index (χ1) is 14.4. The number of amides is 1. The Morgan fingerprint density at radius 2 is 1.80 bits per heavy atom. The van der Waals surface area contributed by atoms with Gasteiger partial charge in [0.15, 0.2) is 5.13 Å². The maximum Gasteiger partial charge on any atom is 0.260 e. The molecule has 0 unspecified atom stereocenters. The van der Waals surface area contributed by atoms with Crippen LogP contribution in [-0.2, 0) is 0 Å². The minimum atomic E-state index is -0.0367. The number of rotatable bonds is 9. The van der Waals surface area contributed by atoms with Gasteiger partial charge in [-0.25, -0.2) is 4.98 Å². The SMILES string of the molecule is CCCCOc1ccc(C(=O)N(CCN(C)C)c2nc3c(C)c(C)ccc3s2)cc1. The van der Waals surface area contributed by atoms with E-state index in [0.29, 0.717) is 18.7 Å². The van der Waals surface area contributed by atoms with E-state index in [9.17, 15) is 4.79 Å². The summed E-state index contributed by atoms with van der Waals surface area (Å²) >= 11 is 1.57. The fourth-order valence-corrected chi connectivity index (χ4v) is 4.15. The molecule has 0 spiro atoms. The van der Waals surface area contributed by atoms with Gasteiger partial charge in [0.25, 0.3) is 5.91 Å². The summed E-state index contributed by atoms with van der Waals surface area (Å²) < 4.78 is 6.83. The molecule has 1 heterocycles. The van der Waals surface area contributed by atoms with Crippen LogP contribution < -0.4 is 9.64 Å². The molecule has 0 fully saturated rings. The highest BCUT2D eigenvalue weighted by Gasteiger charge is 2.22. The van der Waals surface area contributed by atoms with Crippen LogP contribution in [0.15, 0.2) is 36.4 Å². The van der Waals surface area contributed by atoms with E-state index in [-0.39, 0.29) is 5.91 Å². The van der Waals surface area contributed by atoms with Crippen molar-refractivity contribution in [2.45, 2.75) is 33.6 Å². The molecular weight excluding hydrogens is 394 g/mol. The van der Waals surface area contributed by atoms with Gasteiger partial charge in [-0.15, -0.1) is 0 Å². The summed E-state index contributed by atoms with van der Waals surface area (Å²) in [5.41, 5.74) is 4.01. The normalized spacial score (nSPS) is 11.3. The van der Waals surface area contributed by atoms with Gasteiger partial charge in [0.05, 0.1) is 16.8 Å². The van der Waals surface area contributed by atoms with Gasteiger partial charge in [0.1, 0.15) is 5.75 Å². The largest absolute Gasteiger partial charge is 0.494 e. The van der Waals surface area contributed by atoms with E-state index in [2.05, 4.69) is 37.8 Å². The van der Waals surface area contributed by atoms with E-state index in [1.807, 2.05) is 38.4 Å². The number of likely N-dealkylation sites (N-methyl/N-ethyl adjacent to an activating group) is 1. The standard InChI is InChI=1S/C24H31N3O2S/c1-6-7-16-29-20-11-9-19(10-12-20)23(28)27(15-14-26(4)5)24-25-22-18(3)17(2)8-13-21(22)30-24/h8-13H,6-7,14-16H2,1-5H3. The van der Waals surface area contributed by atoms with Gasteiger partial charge in [-0.3, -0.25) is 9.69 Å². The molecule has 0 saturated heterocycles. The fourth-order valence-electron chi connectivity index (χ4n) is 3.10. The number of ether oxygens (including phenoxy) is 1. The number of carbonyl (C=O) groups is 1. The highest BCUT2D eigenvalue weighted by molar-refractivity contribution is 7.22. The molecule has 30 heavy (non-hydrogen) atoms. The molecule has 0 aliphatic rings. The number of benzene rings is 2. The molecule has 5 nitrogen and oxygen atoms in total. The number of anilines is 1. The molecule has 1 amide bonds. The quantitative estimate of drug-likeness (QED) is 0.436. The number of thiazole rings is 1. The predicted octanol–water partition coefficient (Wildman–Crippen LogP) is 5.30. The first-order valence-corrected chi connectivity index (χ1v) is 11.3. The molecule has 6 heteroatoms. The molecule has 0 aliphatic carbocycles. The maximum atomic E-state index is 13.4. The van der Waals surface area contributed by atoms with Crippen LogP contribution in [0.4, 0.5) is 5.13 Å². The van der Waals surface area contributed by atoms with Crippen molar-refractivity contribution in [1.29, 1.82) is 0 Å². The van der Waals surface area contributed by atoms with E-state index in [1.165, 1.54) is 11.1 Å². The molecule has 160 valence electrons. The number of nitrogens with zero attached hydrogens (tertiary/aromatic N) is 3. The van der Waals surface area contributed by atoms with Crippen molar-refractivity contribution in [3.8, 4) is 5.75 Å². The Morgan fingerprint density at radius 3 is 2.47 bits per heavy atom. The van der Waals surface area contributed by atoms with E-state index in [1.54, 1.807) is 16.2 Å². The Bertz CT molecular complexity index is 996. The zero-order valence-electron chi connectivity index (χ0n) is 18.6. The Hall–Kier alpha value is -2.44. The lowest BCUT2D eigenvalue weighted by Gasteiger charge is -2.22. The first kappa shape index (κ1) is 22.2. The second-order valence-electron chi connectivity index (χ2n) is 7.84. The van der Waals surface area contributed by atoms with Crippen LogP contribution in [0.5, 0.6) is 5.75 Å². The highest BCUT2D eigenvalue weighted by atomic mass is 32.1. The molecular formula is C24H31N3O2S. The summed E-state index contributed by atoms with van der Waals surface area (Å²) in [4.78, 5) is 22.1. The molecule has 2 aromatic carbocycles. The number of carbonyl (C=O) groups excluding carboxylic acids is 1. The molecule has 0 saturated carbocycles. The average Bonchev–Trinajstić information content (AvgIpc) is 3.16. The van der Waals surface area contributed by atoms with Gasteiger partial charge >= 0.3 is 0 Å². The van der Waals surface area contributed by atoms with Crippen molar-refractivity contribution in [3.63, 3.8) is 0 Å². The zero-order chi connectivity index (χ0) is 21.7. The van der Waals surface area contributed by atoms with Crippen LogP contribution >= 0.6 is 11.3 Å². The smallest absolute Gasteiger partial charge is 0.260 e. The van der Waals surface area contributed by atoms with Crippen molar-refractivity contribution < 1.29 is 9.53 Å². The lowest BCUT2D eigenvalue weighted by molar-refractivity contribution is 0.0985. The minimum Gasteiger partial charge on any atom is -0.494 e. The summed E-state index contributed by atoms with van der Waals surface area (Å²) in [5.74, 6) is 0.760. The van der Waals surface area contributed by atoms with Crippen molar-refractivity contribution in [1.82, 2.24) is 9.88 Å². The van der Waals surface area contributed by atoms with Gasteiger partial charge in [0, 0.05) is 18.7 Å². The van der Waals surface area contributed by atoms with Gasteiger partial charge in [-0.05, 0) is 75.8 Å². The Labute approximate surface area is 183 Å². The Morgan fingerprint density at radius 1 is 1.07 bits per heavy atom. The number of hydrogen-bond acceptors (Lipinski definition) is 5. The lowest BCUT2D eigenvalue weighted by Crippen LogP contribution is -2.36. The van der Waals surface area contributed by atoms with Crippen LogP contribution in [-0.4, -0.2) is 49.6 Å². The number of unbranched alkanes of at least 4 members (excludes halogenated alkanes) is 1. The van der Waals surface area contributed by atoms with Crippen LogP contribution in [0.3, 0.4) is 0 Å². The monoisotopic (exact) mass is 425 g/mol. The third kappa shape index (κ3) is 5.18. The number of fused-ring (bicyclic) bond motifs is 1. The summed E-state index contributed by atoms with van der Waals surface area (Å²) in [7, 11) is 4.02. The fraction of sp³-hybridized carbons (Fsp3) is 0.417. The van der Waals surface area contributed by atoms with Crippen molar-refractivity contribution >= 4 is 32.6 Å². The second-order valence-corrected chi connectivity index (χ2v) is 8.85. The molecule has 1 aromatic heterocycles. The molecule has 0 N–H and O–H groups in total. The van der Waals surface area contributed by atoms with E-state index in [0.717, 1.165) is 40.5 Å².